The van der Waals surface area contributed by atoms with E-state index in [4.69, 9.17) is 4.74 Å². The van der Waals surface area contributed by atoms with E-state index in [1.165, 1.54) is 205 Å². The van der Waals surface area contributed by atoms with E-state index in [1.54, 1.807) is 0 Å². The average molecular weight is 862 g/mol. The van der Waals surface area contributed by atoms with Crippen LogP contribution in [-0.4, -0.2) is 46.9 Å². The molecule has 61 heavy (non-hydrogen) atoms. The first-order valence-corrected chi connectivity index (χ1v) is 27.4. The standard InChI is InChI=1S/C55H107NO5/c1-4-7-10-13-16-19-22-25-26-27-28-30-33-36-39-42-45-48-55(60)61-51(46-43-40-37-34-31-24-21-18-15-12-9-6-3)49-54(59)56-52(50-57)53(58)47-44-41-38-35-32-29-23-20-17-14-11-8-5-2/h34,37,51-53,57-58H,4-33,35-36,38-50H2,1-3H3,(H,56,59)/b37-34-. The summed E-state index contributed by atoms with van der Waals surface area (Å²) in [6.45, 7) is 6.50. The van der Waals surface area contributed by atoms with Crippen LogP contribution in [-0.2, 0) is 14.3 Å². The maximum Gasteiger partial charge on any atom is 0.306 e. The fourth-order valence-electron chi connectivity index (χ4n) is 8.67. The molecule has 0 saturated heterocycles. The minimum atomic E-state index is -0.788. The van der Waals surface area contributed by atoms with E-state index in [9.17, 15) is 19.8 Å². The minimum absolute atomic E-state index is 0.0640. The zero-order valence-corrected chi connectivity index (χ0v) is 41.3. The van der Waals surface area contributed by atoms with Crippen molar-refractivity contribution >= 4 is 11.9 Å². The van der Waals surface area contributed by atoms with Gasteiger partial charge < -0.3 is 20.3 Å². The van der Waals surface area contributed by atoms with Crippen LogP contribution in [0.5, 0.6) is 0 Å². The van der Waals surface area contributed by atoms with Crippen molar-refractivity contribution in [2.45, 2.75) is 322 Å². The molecule has 3 unspecified atom stereocenters. The van der Waals surface area contributed by atoms with E-state index < -0.39 is 18.2 Å². The first kappa shape index (κ1) is 59.6. The fraction of sp³-hybridized carbons (Fsp3) is 0.927. The molecule has 6 heteroatoms. The second-order valence-corrected chi connectivity index (χ2v) is 19.0. The Morgan fingerprint density at radius 2 is 0.803 bits per heavy atom. The van der Waals surface area contributed by atoms with Gasteiger partial charge in [-0.3, -0.25) is 9.59 Å². The third-order valence-electron chi connectivity index (χ3n) is 12.8. The van der Waals surface area contributed by atoms with Crippen molar-refractivity contribution in [3.05, 3.63) is 12.2 Å². The molecule has 0 fully saturated rings. The van der Waals surface area contributed by atoms with Crippen LogP contribution in [0, 0.1) is 0 Å². The molecule has 0 aromatic heterocycles. The predicted molar refractivity (Wildman–Crippen MR) is 264 cm³/mol. The van der Waals surface area contributed by atoms with Gasteiger partial charge in [0.05, 0.1) is 25.2 Å². The highest BCUT2D eigenvalue weighted by molar-refractivity contribution is 5.77. The molecule has 0 aliphatic carbocycles. The molecule has 0 rings (SSSR count). The van der Waals surface area contributed by atoms with Crippen molar-refractivity contribution in [2.24, 2.45) is 0 Å². The maximum atomic E-state index is 13.2. The number of hydrogen-bond donors (Lipinski definition) is 3. The van der Waals surface area contributed by atoms with Gasteiger partial charge in [0.25, 0.3) is 0 Å². The number of nitrogens with one attached hydrogen (secondary N) is 1. The normalized spacial score (nSPS) is 13.2. The molecule has 0 aliphatic rings. The van der Waals surface area contributed by atoms with E-state index in [1.807, 2.05) is 0 Å². The number of hydrogen-bond acceptors (Lipinski definition) is 5. The Kier molecular flexibility index (Phi) is 48.5. The number of allylic oxidation sites excluding steroid dienone is 2. The summed E-state index contributed by atoms with van der Waals surface area (Å²) in [7, 11) is 0. The van der Waals surface area contributed by atoms with Crippen molar-refractivity contribution in [3.63, 3.8) is 0 Å². The fourth-order valence-corrected chi connectivity index (χ4v) is 8.67. The quantitative estimate of drug-likeness (QED) is 0.0322. The Labute approximate surface area is 380 Å². The van der Waals surface area contributed by atoms with Gasteiger partial charge in [0.2, 0.25) is 5.91 Å². The zero-order valence-electron chi connectivity index (χ0n) is 41.3. The van der Waals surface area contributed by atoms with Crippen molar-refractivity contribution in [3.8, 4) is 0 Å². The van der Waals surface area contributed by atoms with Crippen LogP contribution in [0.4, 0.5) is 0 Å². The van der Waals surface area contributed by atoms with E-state index in [0.29, 0.717) is 19.3 Å². The van der Waals surface area contributed by atoms with Crippen molar-refractivity contribution in [1.29, 1.82) is 0 Å². The summed E-state index contributed by atoms with van der Waals surface area (Å²) in [5, 5.41) is 23.8. The van der Waals surface area contributed by atoms with Gasteiger partial charge in [0.1, 0.15) is 6.10 Å². The molecule has 0 aliphatic heterocycles. The van der Waals surface area contributed by atoms with Crippen molar-refractivity contribution < 1.29 is 24.5 Å². The molecule has 0 aromatic rings. The number of amides is 1. The van der Waals surface area contributed by atoms with Crippen LogP contribution < -0.4 is 5.32 Å². The number of esters is 1. The van der Waals surface area contributed by atoms with Gasteiger partial charge in [-0.15, -0.1) is 0 Å². The molecule has 0 saturated carbocycles. The smallest absolute Gasteiger partial charge is 0.306 e. The van der Waals surface area contributed by atoms with Gasteiger partial charge in [-0.05, 0) is 44.9 Å². The number of carbonyl (C=O) groups excluding carboxylic acids is 2. The predicted octanol–water partition coefficient (Wildman–Crippen LogP) is 16.5. The lowest BCUT2D eigenvalue weighted by molar-refractivity contribution is -0.151. The van der Waals surface area contributed by atoms with Crippen LogP contribution in [0.1, 0.15) is 303 Å². The molecular weight excluding hydrogens is 755 g/mol. The molecule has 0 aromatic carbocycles. The van der Waals surface area contributed by atoms with Crippen LogP contribution in [0.2, 0.25) is 0 Å². The summed E-state index contributed by atoms with van der Waals surface area (Å²) in [6.07, 6.45) is 55.6. The highest BCUT2D eigenvalue weighted by atomic mass is 16.5. The van der Waals surface area contributed by atoms with E-state index >= 15 is 0 Å². The maximum absolute atomic E-state index is 13.2. The molecule has 0 spiro atoms. The first-order chi connectivity index (χ1) is 30.0. The SMILES string of the molecule is CCCCCCCCC/C=C\CCCC(CC(=O)NC(CO)C(O)CCCCCCCCCCCCCCC)OC(=O)CCCCCCCCCCCCCCCCCCC. The number of rotatable bonds is 50. The Bertz CT molecular complexity index is 924. The number of carbonyl (C=O) groups is 2. The average Bonchev–Trinajstić information content (AvgIpc) is 3.25. The van der Waals surface area contributed by atoms with E-state index in [2.05, 4.69) is 38.2 Å². The third-order valence-corrected chi connectivity index (χ3v) is 12.8. The van der Waals surface area contributed by atoms with Gasteiger partial charge in [-0.1, -0.05) is 258 Å². The highest BCUT2D eigenvalue weighted by Crippen LogP contribution is 2.18. The molecule has 0 heterocycles. The summed E-state index contributed by atoms with van der Waals surface area (Å²) in [5.74, 6) is -0.483. The lowest BCUT2D eigenvalue weighted by atomic mass is 10.0. The Hall–Kier alpha value is -1.40. The summed E-state index contributed by atoms with van der Waals surface area (Å²) < 4.78 is 5.93. The Morgan fingerprint density at radius 1 is 0.459 bits per heavy atom. The Morgan fingerprint density at radius 3 is 1.20 bits per heavy atom. The molecule has 0 radical (unpaired) electrons. The Balaban J connectivity index is 4.50. The van der Waals surface area contributed by atoms with Gasteiger partial charge in [0.15, 0.2) is 0 Å². The lowest BCUT2D eigenvalue weighted by Crippen LogP contribution is -2.46. The second kappa shape index (κ2) is 49.6. The molecular formula is C55H107NO5. The number of ether oxygens (including phenoxy) is 1. The molecule has 6 nitrogen and oxygen atoms in total. The molecule has 1 amide bonds. The second-order valence-electron chi connectivity index (χ2n) is 19.0. The number of aliphatic hydroxyl groups is 2. The van der Waals surface area contributed by atoms with Crippen molar-refractivity contribution in [2.75, 3.05) is 6.61 Å². The largest absolute Gasteiger partial charge is 0.462 e. The summed E-state index contributed by atoms with van der Waals surface area (Å²) >= 11 is 0. The van der Waals surface area contributed by atoms with E-state index in [0.717, 1.165) is 51.4 Å². The van der Waals surface area contributed by atoms with Crippen LogP contribution in [0.3, 0.4) is 0 Å². The molecule has 3 atom stereocenters. The van der Waals surface area contributed by atoms with Gasteiger partial charge in [-0.25, -0.2) is 0 Å². The molecule has 3 N–H and O–H groups in total. The number of aliphatic hydroxyl groups excluding tert-OH is 2. The van der Waals surface area contributed by atoms with Crippen LogP contribution in [0.15, 0.2) is 12.2 Å². The molecule has 362 valence electrons. The number of unbranched alkanes of at least 4 members (excludes halogenated alkanes) is 36. The topological polar surface area (TPSA) is 95.9 Å². The molecule has 0 bridgehead atoms. The summed E-state index contributed by atoms with van der Waals surface area (Å²) in [6, 6.07) is -0.703. The van der Waals surface area contributed by atoms with Gasteiger partial charge in [0, 0.05) is 6.42 Å². The first-order valence-electron chi connectivity index (χ1n) is 27.4. The van der Waals surface area contributed by atoms with Crippen molar-refractivity contribution in [1.82, 2.24) is 5.32 Å². The monoisotopic (exact) mass is 862 g/mol. The van der Waals surface area contributed by atoms with Gasteiger partial charge >= 0.3 is 5.97 Å². The van der Waals surface area contributed by atoms with Crippen LogP contribution in [0.25, 0.3) is 0 Å². The lowest BCUT2D eigenvalue weighted by Gasteiger charge is -2.24. The third kappa shape index (κ3) is 45.0. The highest BCUT2D eigenvalue weighted by Gasteiger charge is 2.24. The van der Waals surface area contributed by atoms with Gasteiger partial charge in [-0.2, -0.15) is 0 Å². The zero-order chi connectivity index (χ0) is 44.5. The summed E-state index contributed by atoms with van der Waals surface area (Å²) in [4.78, 5) is 26.2. The summed E-state index contributed by atoms with van der Waals surface area (Å²) in [5.41, 5.74) is 0. The minimum Gasteiger partial charge on any atom is -0.462 e. The van der Waals surface area contributed by atoms with Crippen LogP contribution >= 0.6 is 0 Å². The van der Waals surface area contributed by atoms with E-state index in [-0.39, 0.29) is 24.9 Å².